The molecule has 4 aromatic carbocycles. The normalized spacial score (nSPS) is 11.6. The van der Waals surface area contributed by atoms with Gasteiger partial charge in [0.25, 0.3) is 10.0 Å². The zero-order valence-electron chi connectivity index (χ0n) is 20.5. The van der Waals surface area contributed by atoms with E-state index in [9.17, 15) is 13.2 Å². The molecular formula is C29H26ClN3O3S. The van der Waals surface area contributed by atoms with Gasteiger partial charge in [-0.2, -0.15) is 0 Å². The molecule has 1 heterocycles. The quantitative estimate of drug-likeness (QED) is 0.257. The maximum absolute atomic E-state index is 13.6. The van der Waals surface area contributed by atoms with Crippen molar-refractivity contribution in [3.63, 3.8) is 0 Å². The number of carbonyl (C=O) groups excluding carboxylic acids is 1. The zero-order chi connectivity index (χ0) is 26.2. The van der Waals surface area contributed by atoms with E-state index in [-0.39, 0.29) is 11.4 Å². The lowest BCUT2D eigenvalue weighted by molar-refractivity contribution is -0.114. The minimum atomic E-state index is -4.02. The lowest BCUT2D eigenvalue weighted by atomic mass is 10.1. The van der Waals surface area contributed by atoms with Crippen LogP contribution in [0.15, 0.2) is 95.9 Å². The first kappa shape index (κ1) is 24.9. The molecule has 1 aromatic heterocycles. The number of halogens is 1. The molecule has 0 radical (unpaired) electrons. The Hall–Kier alpha value is -3.81. The van der Waals surface area contributed by atoms with Gasteiger partial charge in [-0.3, -0.25) is 9.10 Å². The summed E-state index contributed by atoms with van der Waals surface area (Å²) >= 11 is 5.96. The van der Waals surface area contributed by atoms with E-state index in [0.717, 1.165) is 38.2 Å². The van der Waals surface area contributed by atoms with Crippen LogP contribution < -0.4 is 9.62 Å². The molecule has 6 nitrogen and oxygen atoms in total. The van der Waals surface area contributed by atoms with Gasteiger partial charge in [0.2, 0.25) is 5.91 Å². The Balaban J connectivity index is 1.47. The smallest absolute Gasteiger partial charge is 0.264 e. The highest BCUT2D eigenvalue weighted by Gasteiger charge is 2.27. The minimum absolute atomic E-state index is 0.0547. The Morgan fingerprint density at radius 2 is 1.57 bits per heavy atom. The third-order valence-corrected chi connectivity index (χ3v) is 8.42. The standard InChI is InChI=1S/C29H26ClN3O3S/c1-3-32-27-7-5-4-6-25(27)26-18-22(12-17-28(26)32)31-29(34)19-33(23-13-8-20(2)9-14-23)37(35,36)24-15-10-21(30)11-16-24/h4-18H,3,19H2,1-2H3,(H,31,34). The van der Waals surface area contributed by atoms with Crippen molar-refractivity contribution in [2.45, 2.75) is 25.3 Å². The van der Waals surface area contributed by atoms with Crippen LogP contribution in [0.3, 0.4) is 0 Å². The molecule has 0 atom stereocenters. The summed E-state index contributed by atoms with van der Waals surface area (Å²) in [6.07, 6.45) is 0. The molecule has 0 saturated carbocycles. The number of carbonyl (C=O) groups is 1. The Kier molecular flexibility index (Phi) is 6.67. The van der Waals surface area contributed by atoms with Gasteiger partial charge >= 0.3 is 0 Å². The van der Waals surface area contributed by atoms with Crippen LogP contribution >= 0.6 is 11.6 Å². The van der Waals surface area contributed by atoms with Gasteiger partial charge in [-0.25, -0.2) is 8.42 Å². The molecule has 0 saturated heterocycles. The number of aryl methyl sites for hydroxylation is 2. The fourth-order valence-corrected chi connectivity index (χ4v) is 6.11. The van der Waals surface area contributed by atoms with Crippen molar-refractivity contribution in [3.8, 4) is 0 Å². The number of amides is 1. The number of rotatable bonds is 7. The number of hydrogen-bond donors (Lipinski definition) is 1. The summed E-state index contributed by atoms with van der Waals surface area (Å²) in [4.78, 5) is 13.3. The molecule has 1 amide bonds. The van der Waals surface area contributed by atoms with Crippen molar-refractivity contribution in [3.05, 3.63) is 102 Å². The van der Waals surface area contributed by atoms with Crippen molar-refractivity contribution in [2.75, 3.05) is 16.2 Å². The monoisotopic (exact) mass is 531 g/mol. The highest BCUT2D eigenvalue weighted by Crippen LogP contribution is 2.31. The van der Waals surface area contributed by atoms with Gasteiger partial charge in [0.15, 0.2) is 0 Å². The molecule has 188 valence electrons. The van der Waals surface area contributed by atoms with E-state index in [1.165, 1.54) is 24.3 Å². The van der Waals surface area contributed by atoms with Gasteiger partial charge in [0, 0.05) is 39.1 Å². The maximum atomic E-state index is 13.6. The third kappa shape index (κ3) is 4.80. The Labute approximate surface area is 221 Å². The van der Waals surface area contributed by atoms with Crippen LogP contribution in [0.2, 0.25) is 5.02 Å². The Morgan fingerprint density at radius 3 is 2.27 bits per heavy atom. The van der Waals surface area contributed by atoms with E-state index in [1.807, 2.05) is 49.4 Å². The molecule has 0 aliphatic heterocycles. The molecule has 0 bridgehead atoms. The van der Waals surface area contributed by atoms with Crippen LogP contribution in [0.4, 0.5) is 11.4 Å². The van der Waals surface area contributed by atoms with Gasteiger partial charge in [0.05, 0.1) is 10.6 Å². The fraction of sp³-hybridized carbons (Fsp3) is 0.138. The lowest BCUT2D eigenvalue weighted by Gasteiger charge is -2.24. The second-order valence-electron chi connectivity index (χ2n) is 8.84. The summed E-state index contributed by atoms with van der Waals surface area (Å²) in [7, 11) is -4.02. The highest BCUT2D eigenvalue weighted by atomic mass is 35.5. The first-order chi connectivity index (χ1) is 17.8. The van der Waals surface area contributed by atoms with Crippen LogP contribution in [0.5, 0.6) is 0 Å². The summed E-state index contributed by atoms with van der Waals surface area (Å²) in [5, 5.41) is 5.45. The second kappa shape index (κ2) is 9.92. The number of aromatic nitrogens is 1. The number of benzene rings is 4. The molecule has 37 heavy (non-hydrogen) atoms. The topological polar surface area (TPSA) is 71.4 Å². The molecule has 0 spiro atoms. The number of anilines is 2. The van der Waals surface area contributed by atoms with E-state index in [1.54, 1.807) is 12.1 Å². The molecule has 1 N–H and O–H groups in total. The van der Waals surface area contributed by atoms with Crippen molar-refractivity contribution >= 4 is 60.7 Å². The summed E-state index contributed by atoms with van der Waals surface area (Å²) in [5.41, 5.74) is 4.19. The fourth-order valence-electron chi connectivity index (χ4n) is 4.56. The minimum Gasteiger partial charge on any atom is -0.341 e. The van der Waals surface area contributed by atoms with Crippen LogP contribution in [0.1, 0.15) is 12.5 Å². The summed E-state index contributed by atoms with van der Waals surface area (Å²) < 4.78 is 30.5. The average Bonchev–Trinajstić information content (AvgIpc) is 3.21. The molecule has 0 unspecified atom stereocenters. The van der Waals surface area contributed by atoms with Crippen molar-refractivity contribution in [1.82, 2.24) is 4.57 Å². The van der Waals surface area contributed by atoms with Crippen LogP contribution in [0.25, 0.3) is 21.8 Å². The number of hydrogen-bond acceptors (Lipinski definition) is 3. The van der Waals surface area contributed by atoms with E-state index < -0.39 is 15.9 Å². The van der Waals surface area contributed by atoms with E-state index >= 15 is 0 Å². The molecule has 0 aliphatic rings. The van der Waals surface area contributed by atoms with Gasteiger partial charge in [-0.05, 0) is 74.5 Å². The molecule has 5 rings (SSSR count). The number of fused-ring (bicyclic) bond motifs is 3. The number of sulfonamides is 1. The van der Waals surface area contributed by atoms with E-state index in [0.29, 0.717) is 16.4 Å². The molecular weight excluding hydrogens is 506 g/mol. The lowest BCUT2D eigenvalue weighted by Crippen LogP contribution is -2.38. The predicted molar refractivity (Wildman–Crippen MR) is 151 cm³/mol. The van der Waals surface area contributed by atoms with Crippen molar-refractivity contribution in [1.29, 1.82) is 0 Å². The summed E-state index contributed by atoms with van der Waals surface area (Å²) in [6, 6.07) is 26.8. The Morgan fingerprint density at radius 1 is 0.892 bits per heavy atom. The second-order valence-corrected chi connectivity index (χ2v) is 11.1. The highest BCUT2D eigenvalue weighted by molar-refractivity contribution is 7.92. The van der Waals surface area contributed by atoms with Crippen LogP contribution in [-0.2, 0) is 21.4 Å². The van der Waals surface area contributed by atoms with Crippen LogP contribution in [-0.4, -0.2) is 25.4 Å². The summed E-state index contributed by atoms with van der Waals surface area (Å²) in [6.45, 7) is 4.45. The van der Waals surface area contributed by atoms with E-state index in [2.05, 4.69) is 28.9 Å². The molecule has 5 aromatic rings. The van der Waals surface area contributed by atoms with Crippen LogP contribution in [0, 0.1) is 6.92 Å². The van der Waals surface area contributed by atoms with Gasteiger partial charge in [-0.15, -0.1) is 0 Å². The molecule has 0 aliphatic carbocycles. The largest absolute Gasteiger partial charge is 0.341 e. The predicted octanol–water partition coefficient (Wildman–Crippen LogP) is 6.61. The van der Waals surface area contributed by atoms with Crippen molar-refractivity contribution < 1.29 is 13.2 Å². The van der Waals surface area contributed by atoms with Crippen molar-refractivity contribution in [2.24, 2.45) is 0 Å². The van der Waals surface area contributed by atoms with Gasteiger partial charge in [0.1, 0.15) is 6.54 Å². The molecule has 0 fully saturated rings. The zero-order valence-corrected chi connectivity index (χ0v) is 22.1. The first-order valence-electron chi connectivity index (χ1n) is 11.9. The van der Waals surface area contributed by atoms with Gasteiger partial charge in [-0.1, -0.05) is 47.5 Å². The summed E-state index contributed by atoms with van der Waals surface area (Å²) in [5.74, 6) is -0.448. The number of nitrogens with zero attached hydrogens (tertiary/aromatic N) is 2. The number of nitrogens with one attached hydrogen (secondary N) is 1. The third-order valence-electron chi connectivity index (χ3n) is 6.38. The SMILES string of the molecule is CCn1c2ccccc2c2cc(NC(=O)CN(c3ccc(C)cc3)S(=O)(=O)c3ccc(Cl)cc3)ccc21. The maximum Gasteiger partial charge on any atom is 0.264 e. The number of para-hydroxylation sites is 1. The first-order valence-corrected chi connectivity index (χ1v) is 13.8. The van der Waals surface area contributed by atoms with Gasteiger partial charge < -0.3 is 9.88 Å². The Bertz CT molecular complexity index is 1710. The molecule has 8 heteroatoms. The average molecular weight is 532 g/mol. The van der Waals surface area contributed by atoms with E-state index in [4.69, 9.17) is 11.6 Å².